The van der Waals surface area contributed by atoms with Crippen molar-refractivity contribution < 1.29 is 15.1 Å². The fraction of sp³-hybridized carbons (Fsp3) is 0.500. The lowest BCUT2D eigenvalue weighted by atomic mass is 10.5. The molecule has 0 spiro atoms. The van der Waals surface area contributed by atoms with E-state index in [1.165, 1.54) is 0 Å². The van der Waals surface area contributed by atoms with Gasteiger partial charge in [0, 0.05) is 13.1 Å². The van der Waals surface area contributed by atoms with Crippen molar-refractivity contribution in [3.8, 4) is 0 Å². The molecule has 0 aliphatic heterocycles. The van der Waals surface area contributed by atoms with Crippen molar-refractivity contribution >= 4 is 12.7 Å². The molecule has 0 saturated carbocycles. The summed E-state index contributed by atoms with van der Waals surface area (Å²) < 4.78 is 0. The molecule has 4 heteroatoms. The van der Waals surface area contributed by atoms with Crippen LogP contribution in [0.4, 0.5) is 0 Å². The van der Waals surface area contributed by atoms with Crippen LogP contribution in [0.25, 0.3) is 0 Å². The van der Waals surface area contributed by atoms with Gasteiger partial charge in [0.25, 0.3) is 0 Å². The van der Waals surface area contributed by atoms with Gasteiger partial charge in [0.05, 0.1) is 0 Å². The van der Waals surface area contributed by atoms with E-state index in [0.717, 1.165) is 0 Å². The van der Waals surface area contributed by atoms with Gasteiger partial charge in [-0.15, -0.1) is 5.16 Å². The van der Waals surface area contributed by atoms with Gasteiger partial charge in [-0.05, 0) is 0 Å². The summed E-state index contributed by atoms with van der Waals surface area (Å²) in [4.78, 5) is 9.37. The first-order valence-corrected chi connectivity index (χ1v) is 2.00. The van der Waals surface area contributed by atoms with Crippen LogP contribution in [0, 0.1) is 0 Å². The molecule has 0 fully saturated rings. The zero-order valence-electron chi connectivity index (χ0n) is 4.66. The third-order valence-electron chi connectivity index (χ3n) is 0.302. The lowest BCUT2D eigenvalue weighted by molar-refractivity contribution is -0.136. The smallest absolute Gasteiger partial charge is 0.303 e. The monoisotopic (exact) mass is 119 g/mol. The molecular weight excluding hydrogens is 110 g/mol. The number of oxime groups is 1. The van der Waals surface area contributed by atoms with E-state index in [-0.39, 0.29) is 6.42 Å². The van der Waals surface area contributed by atoms with Crippen molar-refractivity contribution in [1.29, 1.82) is 0 Å². The van der Waals surface area contributed by atoms with Crippen LogP contribution in [0.3, 0.4) is 0 Å². The molecule has 0 saturated heterocycles. The van der Waals surface area contributed by atoms with Gasteiger partial charge in [0.1, 0.15) is 0 Å². The molecular formula is C4H9NO3. The second-order valence-electron chi connectivity index (χ2n) is 0.889. The third kappa shape index (κ3) is 86.8. The van der Waals surface area contributed by atoms with Crippen LogP contribution >= 0.6 is 0 Å². The highest BCUT2D eigenvalue weighted by molar-refractivity contribution is 5.66. The first-order chi connectivity index (χ1) is 3.68. The SMILES string of the molecule is C=NO.CCC(=O)O. The first-order valence-electron chi connectivity index (χ1n) is 2.00. The minimum absolute atomic E-state index is 0.222. The van der Waals surface area contributed by atoms with E-state index < -0.39 is 5.97 Å². The maximum atomic E-state index is 9.37. The maximum Gasteiger partial charge on any atom is 0.303 e. The molecule has 0 aliphatic carbocycles. The second kappa shape index (κ2) is 9.34. The molecule has 0 radical (unpaired) electrons. The van der Waals surface area contributed by atoms with E-state index in [4.69, 9.17) is 10.3 Å². The summed E-state index contributed by atoms with van der Waals surface area (Å²) >= 11 is 0. The van der Waals surface area contributed by atoms with E-state index in [1.54, 1.807) is 6.92 Å². The molecule has 2 N–H and O–H groups in total. The molecule has 0 bridgehead atoms. The Kier molecular flexibility index (Phi) is 11.7. The second-order valence-corrected chi connectivity index (χ2v) is 0.889. The van der Waals surface area contributed by atoms with Crippen LogP contribution in [0.2, 0.25) is 0 Å². The molecule has 0 aromatic heterocycles. The van der Waals surface area contributed by atoms with E-state index in [0.29, 0.717) is 0 Å². The van der Waals surface area contributed by atoms with Crippen molar-refractivity contribution in [2.45, 2.75) is 13.3 Å². The molecule has 0 aromatic carbocycles. The number of carboxylic acid groups (broad SMARTS) is 1. The molecule has 0 unspecified atom stereocenters. The van der Waals surface area contributed by atoms with E-state index in [1.807, 2.05) is 0 Å². The van der Waals surface area contributed by atoms with Gasteiger partial charge in [-0.1, -0.05) is 6.92 Å². The summed E-state index contributed by atoms with van der Waals surface area (Å²) in [6.45, 7) is 4.27. The standard InChI is InChI=1S/C3H6O2.CH3NO/c1-2-3(4)5;1-2-3/h2H2,1H3,(H,4,5);3H,1H2. The summed E-state index contributed by atoms with van der Waals surface area (Å²) in [6, 6.07) is 0. The van der Waals surface area contributed by atoms with Gasteiger partial charge >= 0.3 is 5.97 Å². The van der Waals surface area contributed by atoms with E-state index in [9.17, 15) is 4.79 Å². The van der Waals surface area contributed by atoms with Crippen LogP contribution in [0.5, 0.6) is 0 Å². The molecule has 0 aromatic rings. The Morgan fingerprint density at radius 2 is 2.00 bits per heavy atom. The summed E-state index contributed by atoms with van der Waals surface area (Å²) in [5.41, 5.74) is 0. The summed E-state index contributed by atoms with van der Waals surface area (Å²) in [5, 5.41) is 17.1. The van der Waals surface area contributed by atoms with Crippen LogP contribution < -0.4 is 0 Å². The minimum Gasteiger partial charge on any atom is -0.481 e. The summed E-state index contributed by atoms with van der Waals surface area (Å²) in [5.74, 6) is -0.745. The Hall–Kier alpha value is -1.06. The predicted molar refractivity (Wildman–Crippen MR) is 29.3 cm³/mol. The highest BCUT2D eigenvalue weighted by Gasteiger charge is 1.80. The average Bonchev–Trinajstić information content (AvgIpc) is 1.69. The van der Waals surface area contributed by atoms with Crippen molar-refractivity contribution in [2.24, 2.45) is 5.16 Å². The van der Waals surface area contributed by atoms with Gasteiger partial charge in [-0.2, -0.15) is 0 Å². The van der Waals surface area contributed by atoms with Crippen LogP contribution in [0.15, 0.2) is 5.16 Å². The normalized spacial score (nSPS) is 6.12. The number of carbonyl (C=O) groups is 1. The quantitative estimate of drug-likeness (QED) is 0.301. The number of hydrogen-bond donors (Lipinski definition) is 2. The number of nitrogens with zero attached hydrogens (tertiary/aromatic N) is 1. The van der Waals surface area contributed by atoms with E-state index >= 15 is 0 Å². The molecule has 0 heterocycles. The largest absolute Gasteiger partial charge is 0.481 e. The lowest BCUT2D eigenvalue weighted by Gasteiger charge is -1.71. The maximum absolute atomic E-state index is 9.37. The first kappa shape index (κ1) is 10.0. The minimum atomic E-state index is -0.745. The number of carboxylic acids is 1. The van der Waals surface area contributed by atoms with Crippen LogP contribution in [-0.2, 0) is 4.79 Å². The van der Waals surface area contributed by atoms with Crippen molar-refractivity contribution in [2.75, 3.05) is 0 Å². The highest BCUT2D eigenvalue weighted by Crippen LogP contribution is 1.67. The van der Waals surface area contributed by atoms with Crippen LogP contribution in [-0.4, -0.2) is 23.0 Å². The Balaban J connectivity index is 0. The highest BCUT2D eigenvalue weighted by atomic mass is 16.4. The number of hydrogen-bond acceptors (Lipinski definition) is 3. The van der Waals surface area contributed by atoms with E-state index in [2.05, 4.69) is 11.9 Å². The molecule has 48 valence electrons. The van der Waals surface area contributed by atoms with Crippen molar-refractivity contribution in [1.82, 2.24) is 0 Å². The topological polar surface area (TPSA) is 69.9 Å². The Labute approximate surface area is 47.4 Å². The van der Waals surface area contributed by atoms with Gasteiger partial charge in [0.2, 0.25) is 0 Å². The summed E-state index contributed by atoms with van der Waals surface area (Å²) in [6.07, 6.45) is 0.222. The Bertz CT molecular complexity index is 71.7. The fourth-order valence-corrected chi connectivity index (χ4v) is 0. The zero-order chi connectivity index (χ0) is 6.99. The molecule has 8 heavy (non-hydrogen) atoms. The zero-order valence-corrected chi connectivity index (χ0v) is 4.66. The molecule has 0 rings (SSSR count). The Morgan fingerprint density at radius 1 is 1.88 bits per heavy atom. The molecule has 0 aliphatic rings. The molecule has 0 atom stereocenters. The van der Waals surface area contributed by atoms with Crippen LogP contribution in [0.1, 0.15) is 13.3 Å². The predicted octanol–water partition coefficient (Wildman–Crippen LogP) is 0.557. The number of rotatable bonds is 1. The van der Waals surface area contributed by atoms with Gasteiger partial charge < -0.3 is 10.3 Å². The average molecular weight is 119 g/mol. The molecule has 0 amide bonds. The Morgan fingerprint density at radius 3 is 2.00 bits per heavy atom. The van der Waals surface area contributed by atoms with Crippen molar-refractivity contribution in [3.05, 3.63) is 0 Å². The lowest BCUT2D eigenvalue weighted by Crippen LogP contribution is -1.86. The molecule has 4 nitrogen and oxygen atoms in total. The van der Waals surface area contributed by atoms with Gasteiger partial charge in [-0.25, -0.2) is 0 Å². The summed E-state index contributed by atoms with van der Waals surface area (Å²) in [7, 11) is 0. The van der Waals surface area contributed by atoms with Crippen molar-refractivity contribution in [3.63, 3.8) is 0 Å². The fourth-order valence-electron chi connectivity index (χ4n) is 0. The van der Waals surface area contributed by atoms with Gasteiger partial charge in [0.15, 0.2) is 0 Å². The third-order valence-corrected chi connectivity index (χ3v) is 0.302. The number of aliphatic carboxylic acids is 1. The van der Waals surface area contributed by atoms with Gasteiger partial charge in [-0.3, -0.25) is 4.79 Å².